The van der Waals surface area contributed by atoms with Gasteiger partial charge in [0.05, 0.1) is 23.9 Å². The van der Waals surface area contributed by atoms with Crippen molar-refractivity contribution >= 4 is 28.2 Å². The molecule has 0 aromatic heterocycles. The average molecular weight is 563 g/mol. The highest BCUT2D eigenvalue weighted by molar-refractivity contribution is 9.11. The summed E-state index contributed by atoms with van der Waals surface area (Å²) in [5.41, 5.74) is 0.509. The van der Waals surface area contributed by atoms with E-state index in [-0.39, 0.29) is 54.8 Å². The van der Waals surface area contributed by atoms with Crippen LogP contribution >= 0.6 is 15.9 Å². The number of carbonyl (C=O) groups is 2. The maximum absolute atomic E-state index is 12.7. The van der Waals surface area contributed by atoms with Crippen LogP contribution in [-0.4, -0.2) is 73.0 Å². The minimum atomic E-state index is -0.867. The number of halogens is 1. The number of hydrogen-bond donors (Lipinski definition) is 0. The maximum atomic E-state index is 12.7. The zero-order valence-corrected chi connectivity index (χ0v) is 21.5. The van der Waals surface area contributed by atoms with E-state index in [1.165, 1.54) is 0 Å². The highest BCUT2D eigenvalue weighted by atomic mass is 79.9. The molecule has 6 heterocycles. The summed E-state index contributed by atoms with van der Waals surface area (Å²) in [7, 11) is 0. The topological polar surface area (TPSA) is 89.5 Å². The molecule has 0 amide bonds. The van der Waals surface area contributed by atoms with Crippen LogP contribution in [0.25, 0.3) is 0 Å². The number of esters is 1. The number of aldehydes is 1. The second kappa shape index (κ2) is 9.93. The molecule has 6 bridgehead atoms. The fourth-order valence-electron chi connectivity index (χ4n) is 6.38. The lowest BCUT2D eigenvalue weighted by Crippen LogP contribution is -2.61. The summed E-state index contributed by atoms with van der Waals surface area (Å²) in [6.07, 6.45) is 3.01. The Morgan fingerprint density at radius 3 is 2.58 bits per heavy atom. The van der Waals surface area contributed by atoms with Gasteiger partial charge in [0, 0.05) is 25.7 Å². The summed E-state index contributed by atoms with van der Waals surface area (Å²) in [6.45, 7) is 3.94. The molecule has 0 spiro atoms. The van der Waals surface area contributed by atoms with E-state index in [1.54, 1.807) is 12.1 Å². The van der Waals surface area contributed by atoms with E-state index in [1.807, 2.05) is 18.2 Å². The smallest absolute Gasteiger partial charge is 0.338 e. The van der Waals surface area contributed by atoms with Gasteiger partial charge in [-0.1, -0.05) is 40.7 Å². The van der Waals surface area contributed by atoms with E-state index in [9.17, 15) is 9.59 Å². The molecule has 10 atom stereocenters. The summed E-state index contributed by atoms with van der Waals surface area (Å²) in [5.74, 6) is -1.23. The molecule has 0 radical (unpaired) electrons. The van der Waals surface area contributed by atoms with Gasteiger partial charge in [0.2, 0.25) is 0 Å². The zero-order chi connectivity index (χ0) is 24.9. The molecule has 0 aliphatic carbocycles. The van der Waals surface area contributed by atoms with Gasteiger partial charge in [-0.25, -0.2) is 4.79 Å². The second-order valence-corrected chi connectivity index (χ2v) is 11.5. The fourth-order valence-corrected chi connectivity index (χ4v) is 6.74. The average Bonchev–Trinajstić information content (AvgIpc) is 3.28. The summed E-state index contributed by atoms with van der Waals surface area (Å²) < 4.78 is 39.0. The minimum Gasteiger partial charge on any atom is -0.458 e. The number of carbonyl (C=O) groups excluding carboxylic acids is 2. The first kappa shape index (κ1) is 24.7. The molecule has 194 valence electrons. The predicted molar refractivity (Wildman–Crippen MR) is 131 cm³/mol. The predicted octanol–water partition coefficient (Wildman–Crippen LogP) is 3.85. The van der Waals surface area contributed by atoms with Crippen molar-refractivity contribution in [1.29, 1.82) is 0 Å². The summed E-state index contributed by atoms with van der Waals surface area (Å²) in [6, 6.07) is 8.96. The highest BCUT2D eigenvalue weighted by Crippen LogP contribution is 2.54. The Labute approximate surface area is 218 Å². The molecule has 36 heavy (non-hydrogen) atoms. The van der Waals surface area contributed by atoms with Crippen molar-refractivity contribution in [2.45, 2.75) is 106 Å². The van der Waals surface area contributed by atoms with E-state index >= 15 is 0 Å². The molecule has 1 aromatic carbocycles. The number of rotatable bonds is 9. The Bertz CT molecular complexity index is 1000. The van der Waals surface area contributed by atoms with E-state index in [0.717, 1.165) is 23.6 Å². The number of hydrogen-bond acceptors (Lipinski definition) is 8. The standard InChI is InChI=1S/C27H31BrO8/c1-15(28)13-18(32-26(30)16-5-3-2-4-6-16)9-11-27-14-20-22(35-27)23-24(34-20)25(36-27)21-19(33-23)8-7-17(31-21)10-12-29/h2-6,12,17-25H,1,7-11,13-14H2/t17-,18?,19+,20-,21+,22-,23+,24-,25+,27+/m1/s1. The molecule has 6 saturated heterocycles. The molecule has 6 fully saturated rings. The molecule has 1 unspecified atom stereocenters. The van der Waals surface area contributed by atoms with Crippen molar-refractivity contribution in [3.63, 3.8) is 0 Å². The lowest BCUT2D eigenvalue weighted by molar-refractivity contribution is -0.292. The van der Waals surface area contributed by atoms with E-state index in [4.69, 9.17) is 28.4 Å². The lowest BCUT2D eigenvalue weighted by Gasteiger charge is -2.47. The Kier molecular flexibility index (Phi) is 6.81. The van der Waals surface area contributed by atoms with Gasteiger partial charge in [-0.3, -0.25) is 0 Å². The van der Waals surface area contributed by atoms with Crippen molar-refractivity contribution in [1.82, 2.24) is 0 Å². The molecule has 0 N–H and O–H groups in total. The molecular formula is C27H31BrO8. The molecule has 6 aliphatic rings. The molecular weight excluding hydrogens is 532 g/mol. The van der Waals surface area contributed by atoms with Gasteiger partial charge in [-0.15, -0.1) is 0 Å². The van der Waals surface area contributed by atoms with Crippen LogP contribution in [0.3, 0.4) is 0 Å². The number of ether oxygens (including phenoxy) is 6. The third-order valence-corrected chi connectivity index (χ3v) is 8.29. The molecule has 1 aromatic rings. The zero-order valence-electron chi connectivity index (χ0n) is 20.0. The van der Waals surface area contributed by atoms with Gasteiger partial charge in [0.25, 0.3) is 0 Å². The normalized spacial score (nSPS) is 40.8. The van der Waals surface area contributed by atoms with Crippen LogP contribution in [0.2, 0.25) is 0 Å². The first-order valence-electron chi connectivity index (χ1n) is 12.8. The monoisotopic (exact) mass is 562 g/mol. The number of fused-ring (bicyclic) bond motifs is 1. The van der Waals surface area contributed by atoms with E-state index in [0.29, 0.717) is 37.7 Å². The van der Waals surface area contributed by atoms with Gasteiger partial charge in [0.1, 0.15) is 42.9 Å². The SMILES string of the molecule is C=C(Br)CC(CC[C@@]12C[C@H]3O[C@H]4[C@@H](O1)[C@H]1O[C@@H](CC=O)CC[C@@H]1O[C@H]4[C@@H]3O2)OC(=O)c1ccccc1. The van der Waals surface area contributed by atoms with Crippen molar-refractivity contribution in [2.24, 2.45) is 0 Å². The van der Waals surface area contributed by atoms with Gasteiger partial charge in [-0.05, 0) is 35.9 Å². The van der Waals surface area contributed by atoms with Crippen LogP contribution in [0.4, 0.5) is 0 Å². The molecule has 0 saturated carbocycles. The lowest BCUT2D eigenvalue weighted by atomic mass is 9.87. The van der Waals surface area contributed by atoms with E-state index in [2.05, 4.69) is 22.5 Å². The van der Waals surface area contributed by atoms with Crippen LogP contribution in [0.15, 0.2) is 41.4 Å². The van der Waals surface area contributed by atoms with Crippen LogP contribution < -0.4 is 0 Å². The molecule has 7 rings (SSSR count). The van der Waals surface area contributed by atoms with E-state index < -0.39 is 11.9 Å². The second-order valence-electron chi connectivity index (χ2n) is 10.4. The third-order valence-electron chi connectivity index (χ3n) is 7.97. The quantitative estimate of drug-likeness (QED) is 0.331. The molecule has 9 heteroatoms. The first-order valence-corrected chi connectivity index (χ1v) is 13.6. The summed E-state index contributed by atoms with van der Waals surface area (Å²) in [5, 5.41) is 0. The van der Waals surface area contributed by atoms with Gasteiger partial charge in [0.15, 0.2) is 5.79 Å². The highest BCUT2D eigenvalue weighted by Gasteiger charge is 2.68. The fraction of sp³-hybridized carbons (Fsp3) is 0.630. The Hall–Kier alpha value is -1.62. The molecule has 6 aliphatic heterocycles. The van der Waals surface area contributed by atoms with Crippen LogP contribution in [-0.2, 0) is 33.2 Å². The van der Waals surface area contributed by atoms with Crippen molar-refractivity contribution < 1.29 is 38.0 Å². The summed E-state index contributed by atoms with van der Waals surface area (Å²) in [4.78, 5) is 23.8. The first-order chi connectivity index (χ1) is 17.4. The third kappa shape index (κ3) is 4.59. The minimum absolute atomic E-state index is 0.0993. The van der Waals surface area contributed by atoms with Crippen LogP contribution in [0, 0.1) is 0 Å². The van der Waals surface area contributed by atoms with Crippen molar-refractivity contribution in [2.75, 3.05) is 0 Å². The Morgan fingerprint density at radius 1 is 1.06 bits per heavy atom. The Balaban J connectivity index is 1.18. The number of benzene rings is 1. The summed E-state index contributed by atoms with van der Waals surface area (Å²) >= 11 is 3.42. The van der Waals surface area contributed by atoms with Crippen molar-refractivity contribution in [3.8, 4) is 0 Å². The van der Waals surface area contributed by atoms with Crippen LogP contribution in [0.1, 0.15) is 55.3 Å². The molecule has 8 nitrogen and oxygen atoms in total. The van der Waals surface area contributed by atoms with Gasteiger partial charge < -0.3 is 33.2 Å². The van der Waals surface area contributed by atoms with Gasteiger partial charge in [-0.2, -0.15) is 0 Å². The van der Waals surface area contributed by atoms with Crippen molar-refractivity contribution in [3.05, 3.63) is 47.0 Å². The maximum Gasteiger partial charge on any atom is 0.338 e. The largest absolute Gasteiger partial charge is 0.458 e. The van der Waals surface area contributed by atoms with Gasteiger partial charge >= 0.3 is 5.97 Å². The van der Waals surface area contributed by atoms with Crippen LogP contribution in [0.5, 0.6) is 0 Å². The Morgan fingerprint density at radius 2 is 1.81 bits per heavy atom.